The molecule has 41 heavy (non-hydrogen) atoms. The molecule has 1 aromatic heterocycles. The number of pyridine rings is 1. The predicted molar refractivity (Wildman–Crippen MR) is 142 cm³/mol. The van der Waals surface area contributed by atoms with Crippen LogP contribution < -0.4 is 0 Å². The van der Waals surface area contributed by atoms with Crippen molar-refractivity contribution >= 4 is 5.97 Å². The Balaban J connectivity index is 1.47. The van der Waals surface area contributed by atoms with Gasteiger partial charge in [-0.1, -0.05) is 48.5 Å². The third-order valence-corrected chi connectivity index (χ3v) is 7.56. The quantitative estimate of drug-likeness (QED) is 0.229. The van der Waals surface area contributed by atoms with Gasteiger partial charge < -0.3 is 4.74 Å². The number of hydrogen-bond donors (Lipinski definition) is 0. The summed E-state index contributed by atoms with van der Waals surface area (Å²) in [7, 11) is 0. The molecular formula is C30H31F6N3O2. The first kappa shape index (κ1) is 30.5. The van der Waals surface area contributed by atoms with Gasteiger partial charge in [-0.3, -0.25) is 19.6 Å². The summed E-state index contributed by atoms with van der Waals surface area (Å²) in [6.45, 7) is 5.22. The number of carbonyl (C=O) groups is 1. The van der Waals surface area contributed by atoms with Crippen molar-refractivity contribution in [1.29, 1.82) is 0 Å². The molecule has 0 saturated carbocycles. The first-order chi connectivity index (χ1) is 19.3. The highest BCUT2D eigenvalue weighted by Crippen LogP contribution is 2.51. The topological polar surface area (TPSA) is 45.7 Å². The molecule has 1 atom stereocenters. The number of nitrogens with zero attached hydrogens (tertiary/aromatic N) is 3. The Morgan fingerprint density at radius 3 is 1.90 bits per heavy atom. The number of piperazine rings is 1. The van der Waals surface area contributed by atoms with E-state index in [2.05, 4.69) is 14.8 Å². The monoisotopic (exact) mass is 579 g/mol. The molecule has 4 rings (SSSR count). The lowest BCUT2D eigenvalue weighted by atomic mass is 9.80. The van der Waals surface area contributed by atoms with Gasteiger partial charge in [0.2, 0.25) is 0 Å². The van der Waals surface area contributed by atoms with Crippen LogP contribution in [0.2, 0.25) is 0 Å². The van der Waals surface area contributed by atoms with Crippen LogP contribution in [-0.4, -0.2) is 65.4 Å². The lowest BCUT2D eigenvalue weighted by molar-refractivity contribution is -0.297. The second-order valence-corrected chi connectivity index (χ2v) is 10.2. The van der Waals surface area contributed by atoms with Crippen LogP contribution in [0.5, 0.6) is 0 Å². The van der Waals surface area contributed by atoms with Crippen molar-refractivity contribution in [1.82, 2.24) is 14.8 Å². The van der Waals surface area contributed by atoms with Gasteiger partial charge in [0.15, 0.2) is 5.41 Å². The molecule has 1 aliphatic rings. The maximum absolute atomic E-state index is 13.4. The van der Waals surface area contributed by atoms with Crippen LogP contribution in [0.25, 0.3) is 11.1 Å². The maximum atomic E-state index is 13.4. The molecule has 220 valence electrons. The van der Waals surface area contributed by atoms with Crippen molar-refractivity contribution in [3.05, 3.63) is 89.7 Å². The van der Waals surface area contributed by atoms with E-state index in [9.17, 15) is 31.1 Å². The van der Waals surface area contributed by atoms with Crippen LogP contribution in [-0.2, 0) is 28.0 Å². The van der Waals surface area contributed by atoms with Gasteiger partial charge >= 0.3 is 18.3 Å². The van der Waals surface area contributed by atoms with E-state index in [4.69, 9.17) is 4.74 Å². The number of halogens is 6. The average Bonchev–Trinajstić information content (AvgIpc) is 2.93. The lowest BCUT2D eigenvalue weighted by Crippen LogP contribution is -2.56. The van der Waals surface area contributed by atoms with Crippen molar-refractivity contribution in [3.8, 4) is 11.1 Å². The molecule has 0 unspecified atom stereocenters. The molecule has 1 saturated heterocycles. The predicted octanol–water partition coefficient (Wildman–Crippen LogP) is 6.38. The fourth-order valence-corrected chi connectivity index (χ4v) is 4.94. The number of hydrogen-bond acceptors (Lipinski definition) is 5. The third-order valence-electron chi connectivity index (χ3n) is 7.56. The van der Waals surface area contributed by atoms with Gasteiger partial charge in [-0.25, -0.2) is 0 Å². The number of benzene rings is 2. The summed E-state index contributed by atoms with van der Waals surface area (Å²) < 4.78 is 85.9. The summed E-state index contributed by atoms with van der Waals surface area (Å²) in [4.78, 5) is 21.1. The van der Waals surface area contributed by atoms with Gasteiger partial charge in [-0.15, -0.1) is 0 Å². The molecule has 11 heteroatoms. The highest BCUT2D eigenvalue weighted by Gasteiger charge is 2.68. The normalized spacial score (nSPS) is 17.4. The largest absolute Gasteiger partial charge is 0.465 e. The zero-order valence-corrected chi connectivity index (χ0v) is 22.7. The van der Waals surface area contributed by atoms with Crippen molar-refractivity contribution in [3.63, 3.8) is 0 Å². The molecular weight excluding hydrogens is 548 g/mol. The zero-order chi connectivity index (χ0) is 29.8. The minimum absolute atomic E-state index is 0.152. The van der Waals surface area contributed by atoms with Crippen molar-refractivity contribution in [2.45, 2.75) is 50.7 Å². The van der Waals surface area contributed by atoms with E-state index in [1.807, 2.05) is 24.3 Å². The SMILES string of the molecule is CCOC(=O)[C@@H]1CN(Cc2ccncc2)CCN1Cc1ccc(-c2ccc(C(C)(C(F)(F)F)C(F)(F)F)cc2)cc1. The van der Waals surface area contributed by atoms with Crippen LogP contribution in [0.3, 0.4) is 0 Å². The summed E-state index contributed by atoms with van der Waals surface area (Å²) in [5.41, 5.74) is -1.71. The molecule has 0 radical (unpaired) electrons. The van der Waals surface area contributed by atoms with E-state index >= 15 is 0 Å². The number of rotatable bonds is 8. The van der Waals surface area contributed by atoms with Gasteiger partial charge in [-0.05, 0) is 53.8 Å². The van der Waals surface area contributed by atoms with Crippen molar-refractivity contribution in [2.24, 2.45) is 0 Å². The van der Waals surface area contributed by atoms with Gasteiger partial charge in [-0.2, -0.15) is 26.3 Å². The molecule has 0 aliphatic carbocycles. The fourth-order valence-electron chi connectivity index (χ4n) is 4.94. The highest BCUT2D eigenvalue weighted by molar-refractivity contribution is 5.76. The number of ether oxygens (including phenoxy) is 1. The molecule has 1 fully saturated rings. The number of aromatic nitrogens is 1. The number of carbonyl (C=O) groups excluding carboxylic acids is 1. The van der Waals surface area contributed by atoms with E-state index in [1.165, 1.54) is 12.1 Å². The number of esters is 1. The maximum Gasteiger partial charge on any atom is 0.406 e. The van der Waals surface area contributed by atoms with Crippen molar-refractivity contribution < 1.29 is 35.9 Å². The molecule has 0 amide bonds. The van der Waals surface area contributed by atoms with Crippen LogP contribution in [0, 0.1) is 0 Å². The van der Waals surface area contributed by atoms with Gasteiger partial charge in [0, 0.05) is 45.1 Å². The molecule has 5 nitrogen and oxygen atoms in total. The van der Waals surface area contributed by atoms with Gasteiger partial charge in [0.05, 0.1) is 6.61 Å². The Morgan fingerprint density at radius 1 is 0.829 bits per heavy atom. The van der Waals surface area contributed by atoms with E-state index in [0.717, 1.165) is 29.8 Å². The van der Waals surface area contributed by atoms with Crippen LogP contribution >= 0.6 is 0 Å². The van der Waals surface area contributed by atoms with E-state index in [1.54, 1.807) is 31.5 Å². The second-order valence-electron chi connectivity index (χ2n) is 10.2. The molecule has 0 N–H and O–H groups in total. The average molecular weight is 580 g/mol. The Morgan fingerprint density at radius 2 is 1.37 bits per heavy atom. The molecule has 0 spiro atoms. The molecule has 1 aliphatic heterocycles. The standard InChI is InChI=1S/C30H31F6N3O2/c1-3-41-27(40)26-20-38(18-22-12-14-37-15-13-22)16-17-39(26)19-21-4-6-23(7-5-21)24-8-10-25(11-9-24)28(2,29(31,32)33)30(34,35)36/h4-15,26H,3,16-20H2,1-2H3/t26-/m0/s1. The fraction of sp³-hybridized carbons (Fsp3) is 0.400. The van der Waals surface area contributed by atoms with Crippen LogP contribution in [0.1, 0.15) is 30.5 Å². The minimum Gasteiger partial charge on any atom is -0.465 e. The Labute approximate surface area is 234 Å². The Hall–Kier alpha value is -3.44. The summed E-state index contributed by atoms with van der Waals surface area (Å²) in [6, 6.07) is 14.9. The second kappa shape index (κ2) is 12.2. The van der Waals surface area contributed by atoms with Gasteiger partial charge in [0.1, 0.15) is 6.04 Å². The summed E-state index contributed by atoms with van der Waals surface area (Å²) in [5, 5.41) is 0. The molecule has 2 heterocycles. The van der Waals surface area contributed by atoms with E-state index < -0.39 is 29.4 Å². The van der Waals surface area contributed by atoms with E-state index in [-0.39, 0.29) is 19.5 Å². The van der Waals surface area contributed by atoms with Gasteiger partial charge in [0.25, 0.3) is 0 Å². The Kier molecular flexibility index (Phi) is 9.08. The first-order valence-corrected chi connectivity index (χ1v) is 13.2. The minimum atomic E-state index is -5.50. The molecule has 2 aromatic carbocycles. The number of alkyl halides is 6. The molecule has 3 aromatic rings. The summed E-state index contributed by atoms with van der Waals surface area (Å²) >= 11 is 0. The van der Waals surface area contributed by atoms with Crippen LogP contribution in [0.4, 0.5) is 26.3 Å². The molecule has 0 bridgehead atoms. The third kappa shape index (κ3) is 6.73. The van der Waals surface area contributed by atoms with E-state index in [0.29, 0.717) is 37.3 Å². The van der Waals surface area contributed by atoms with Crippen LogP contribution in [0.15, 0.2) is 73.1 Å². The Bertz CT molecular complexity index is 1280. The zero-order valence-electron chi connectivity index (χ0n) is 22.7. The summed E-state index contributed by atoms with van der Waals surface area (Å²) in [5.74, 6) is -0.298. The lowest BCUT2D eigenvalue weighted by Gasteiger charge is -2.40. The first-order valence-electron chi connectivity index (χ1n) is 13.2. The smallest absolute Gasteiger partial charge is 0.406 e. The summed E-state index contributed by atoms with van der Waals surface area (Å²) in [6.07, 6.45) is -7.54. The van der Waals surface area contributed by atoms with Crippen molar-refractivity contribution in [2.75, 3.05) is 26.2 Å². The highest BCUT2D eigenvalue weighted by atomic mass is 19.4.